The monoisotopic (exact) mass is 480 g/mol. The summed E-state index contributed by atoms with van der Waals surface area (Å²) in [5.74, 6) is -0.475. The van der Waals surface area contributed by atoms with Crippen LogP contribution in [-0.2, 0) is 9.53 Å². The molecule has 0 saturated carbocycles. The lowest BCUT2D eigenvalue weighted by Crippen LogP contribution is -2.39. The van der Waals surface area contributed by atoms with Crippen molar-refractivity contribution in [3.63, 3.8) is 0 Å². The van der Waals surface area contributed by atoms with Crippen molar-refractivity contribution in [2.75, 3.05) is 6.61 Å². The largest absolute Gasteiger partial charge is 0.463 e. The fraction of sp³-hybridized carbons (Fsp3) is 0.138. The fourth-order valence-electron chi connectivity index (χ4n) is 4.30. The summed E-state index contributed by atoms with van der Waals surface area (Å²) in [6.07, 6.45) is 1.88. The van der Waals surface area contributed by atoms with Gasteiger partial charge in [-0.1, -0.05) is 102 Å². The second-order valence-corrected chi connectivity index (χ2v) is 9.27. The van der Waals surface area contributed by atoms with E-state index in [4.69, 9.17) is 9.73 Å². The summed E-state index contributed by atoms with van der Waals surface area (Å²) >= 11 is 1.33. The van der Waals surface area contributed by atoms with Crippen molar-refractivity contribution in [2.45, 2.75) is 19.9 Å². The van der Waals surface area contributed by atoms with Gasteiger partial charge in [-0.3, -0.25) is 9.36 Å². The Morgan fingerprint density at radius 3 is 2.43 bits per heavy atom. The minimum absolute atomic E-state index is 0.182. The molecule has 0 fully saturated rings. The summed E-state index contributed by atoms with van der Waals surface area (Å²) in [4.78, 5) is 32.5. The first kappa shape index (κ1) is 22.7. The van der Waals surface area contributed by atoms with Crippen molar-refractivity contribution in [1.29, 1.82) is 0 Å². The molecule has 0 saturated heterocycles. The van der Waals surface area contributed by atoms with E-state index in [1.165, 1.54) is 11.3 Å². The van der Waals surface area contributed by atoms with Gasteiger partial charge in [-0.15, -0.1) is 0 Å². The zero-order valence-electron chi connectivity index (χ0n) is 19.5. The smallest absolute Gasteiger partial charge is 0.338 e. The molecular formula is C29H24N2O3S. The summed E-state index contributed by atoms with van der Waals surface area (Å²) in [6, 6.07) is 26.5. The van der Waals surface area contributed by atoms with Gasteiger partial charge in [0.05, 0.1) is 28.5 Å². The SMILES string of the molecule is CCOC(=O)C1=C(c2ccccc2)N=c2s/c(=C/c3cccc(C)c3)c(=O)n2[C@H]1c1ccccc1. The molecule has 3 aromatic carbocycles. The molecule has 0 spiro atoms. The first-order valence-corrected chi connectivity index (χ1v) is 12.3. The van der Waals surface area contributed by atoms with Crippen LogP contribution < -0.4 is 14.9 Å². The molecule has 0 aliphatic carbocycles. The summed E-state index contributed by atoms with van der Waals surface area (Å²) in [7, 11) is 0. The number of hydrogen-bond donors (Lipinski definition) is 0. The van der Waals surface area contributed by atoms with Crippen molar-refractivity contribution >= 4 is 29.1 Å². The molecule has 0 unspecified atom stereocenters. The highest BCUT2D eigenvalue weighted by atomic mass is 32.1. The number of carbonyl (C=O) groups is 1. The predicted octanol–water partition coefficient (Wildman–Crippen LogP) is 4.24. The first-order valence-electron chi connectivity index (χ1n) is 11.5. The molecule has 2 heterocycles. The lowest BCUT2D eigenvalue weighted by atomic mass is 9.93. The lowest BCUT2D eigenvalue weighted by molar-refractivity contribution is -0.138. The number of nitrogens with zero attached hydrogens (tertiary/aromatic N) is 2. The van der Waals surface area contributed by atoms with E-state index in [2.05, 4.69) is 0 Å². The zero-order chi connectivity index (χ0) is 24.4. The number of rotatable bonds is 5. The van der Waals surface area contributed by atoms with Crippen molar-refractivity contribution in [3.8, 4) is 0 Å². The third-order valence-electron chi connectivity index (χ3n) is 5.83. The Kier molecular flexibility index (Phi) is 6.29. The third-order valence-corrected chi connectivity index (χ3v) is 6.81. The van der Waals surface area contributed by atoms with Gasteiger partial charge in [0, 0.05) is 5.56 Å². The molecular weight excluding hydrogens is 456 g/mol. The van der Waals surface area contributed by atoms with Crippen molar-refractivity contribution in [1.82, 2.24) is 4.57 Å². The van der Waals surface area contributed by atoms with Crippen LogP contribution in [0, 0.1) is 6.92 Å². The number of aryl methyl sites for hydroxylation is 1. The van der Waals surface area contributed by atoms with Crippen LogP contribution in [-0.4, -0.2) is 17.1 Å². The summed E-state index contributed by atoms with van der Waals surface area (Å²) in [6.45, 7) is 4.02. The Labute approximate surface area is 207 Å². The molecule has 1 aliphatic heterocycles. The summed E-state index contributed by atoms with van der Waals surface area (Å²) < 4.78 is 7.67. The van der Waals surface area contributed by atoms with Gasteiger partial charge < -0.3 is 4.74 Å². The highest BCUT2D eigenvalue weighted by molar-refractivity contribution is 7.07. The summed E-state index contributed by atoms with van der Waals surface area (Å²) in [5, 5.41) is 0. The molecule has 35 heavy (non-hydrogen) atoms. The van der Waals surface area contributed by atoms with Gasteiger partial charge in [0.1, 0.15) is 0 Å². The number of carbonyl (C=O) groups excluding carboxylic acids is 1. The minimum atomic E-state index is -0.652. The van der Waals surface area contributed by atoms with E-state index in [1.807, 2.05) is 97.9 Å². The van der Waals surface area contributed by atoms with E-state index < -0.39 is 12.0 Å². The normalized spacial score (nSPS) is 15.5. The average molecular weight is 481 g/mol. The van der Waals surface area contributed by atoms with Crippen LogP contribution in [0.4, 0.5) is 0 Å². The van der Waals surface area contributed by atoms with E-state index in [-0.39, 0.29) is 12.2 Å². The Hall–Kier alpha value is -4.03. The van der Waals surface area contributed by atoms with Crippen LogP contribution in [0.15, 0.2) is 100 Å². The minimum Gasteiger partial charge on any atom is -0.463 e. The van der Waals surface area contributed by atoms with E-state index in [1.54, 1.807) is 11.5 Å². The summed E-state index contributed by atoms with van der Waals surface area (Å²) in [5.41, 5.74) is 4.39. The maximum absolute atomic E-state index is 13.8. The molecule has 6 heteroatoms. The van der Waals surface area contributed by atoms with Crippen LogP contribution in [0.2, 0.25) is 0 Å². The third kappa shape index (κ3) is 4.40. The van der Waals surface area contributed by atoms with Gasteiger partial charge >= 0.3 is 5.97 Å². The Morgan fingerprint density at radius 2 is 1.74 bits per heavy atom. The molecule has 5 rings (SSSR count). The highest BCUT2D eigenvalue weighted by Crippen LogP contribution is 2.34. The Morgan fingerprint density at radius 1 is 1.03 bits per heavy atom. The maximum Gasteiger partial charge on any atom is 0.338 e. The van der Waals surface area contributed by atoms with Gasteiger partial charge in [-0.25, -0.2) is 9.79 Å². The second kappa shape index (κ2) is 9.68. The van der Waals surface area contributed by atoms with E-state index in [0.717, 1.165) is 22.3 Å². The number of ether oxygens (including phenoxy) is 1. The lowest BCUT2D eigenvalue weighted by Gasteiger charge is -2.25. The molecule has 174 valence electrons. The standard InChI is InChI=1S/C29H24N2O3S/c1-3-34-28(33)24-25(21-13-6-4-7-14-21)30-29-31(26(24)22-15-8-5-9-16-22)27(32)23(35-29)18-20-12-10-11-19(2)17-20/h4-18,26H,3H2,1-2H3/b23-18+/t26-/m0/s1. The Bertz CT molecular complexity index is 1600. The molecule has 4 aromatic rings. The molecule has 0 amide bonds. The number of esters is 1. The number of aromatic nitrogens is 1. The quantitative estimate of drug-likeness (QED) is 0.402. The number of thiazole rings is 1. The maximum atomic E-state index is 13.8. The van der Waals surface area contributed by atoms with Crippen molar-refractivity contribution < 1.29 is 9.53 Å². The van der Waals surface area contributed by atoms with Crippen LogP contribution >= 0.6 is 11.3 Å². The van der Waals surface area contributed by atoms with Gasteiger partial charge in [0.15, 0.2) is 4.80 Å². The molecule has 1 aliphatic rings. The average Bonchev–Trinajstić information content (AvgIpc) is 3.18. The van der Waals surface area contributed by atoms with Crippen LogP contribution in [0.5, 0.6) is 0 Å². The van der Waals surface area contributed by atoms with Crippen LogP contribution in [0.3, 0.4) is 0 Å². The second-order valence-electron chi connectivity index (χ2n) is 8.26. The molecule has 0 N–H and O–H groups in total. The number of fused-ring (bicyclic) bond motifs is 1. The van der Waals surface area contributed by atoms with E-state index in [0.29, 0.717) is 20.6 Å². The number of hydrogen-bond acceptors (Lipinski definition) is 5. The fourth-order valence-corrected chi connectivity index (χ4v) is 5.30. The number of benzene rings is 3. The zero-order valence-corrected chi connectivity index (χ0v) is 20.3. The first-order chi connectivity index (χ1) is 17.1. The van der Waals surface area contributed by atoms with Gasteiger partial charge in [-0.05, 0) is 31.1 Å². The molecule has 5 nitrogen and oxygen atoms in total. The predicted molar refractivity (Wildman–Crippen MR) is 139 cm³/mol. The molecule has 1 atom stereocenters. The molecule has 0 radical (unpaired) electrons. The van der Waals surface area contributed by atoms with Crippen LogP contribution in [0.25, 0.3) is 11.8 Å². The van der Waals surface area contributed by atoms with Crippen molar-refractivity contribution in [2.24, 2.45) is 4.99 Å². The highest BCUT2D eigenvalue weighted by Gasteiger charge is 2.35. The van der Waals surface area contributed by atoms with Gasteiger partial charge in [0.2, 0.25) is 0 Å². The van der Waals surface area contributed by atoms with Gasteiger partial charge in [-0.2, -0.15) is 0 Å². The van der Waals surface area contributed by atoms with Crippen molar-refractivity contribution in [3.05, 3.63) is 132 Å². The van der Waals surface area contributed by atoms with Crippen LogP contribution in [0.1, 0.15) is 35.2 Å². The van der Waals surface area contributed by atoms with E-state index >= 15 is 0 Å². The van der Waals surface area contributed by atoms with E-state index in [9.17, 15) is 9.59 Å². The Balaban J connectivity index is 1.83. The molecule has 0 bridgehead atoms. The topological polar surface area (TPSA) is 60.7 Å². The van der Waals surface area contributed by atoms with Gasteiger partial charge in [0.25, 0.3) is 5.56 Å². The molecule has 1 aromatic heterocycles.